The predicted octanol–water partition coefficient (Wildman–Crippen LogP) is 3.68. The zero-order chi connectivity index (χ0) is 28.4. The molecule has 0 heterocycles. The molecule has 2 aromatic carbocycles. The van der Waals surface area contributed by atoms with Gasteiger partial charge in [-0.05, 0) is 74.1 Å². The van der Waals surface area contributed by atoms with Crippen molar-refractivity contribution in [3.63, 3.8) is 0 Å². The van der Waals surface area contributed by atoms with Gasteiger partial charge in [0.25, 0.3) is 11.8 Å². The van der Waals surface area contributed by atoms with E-state index in [1.165, 1.54) is 4.90 Å². The molecule has 0 aliphatic heterocycles. The molecule has 3 atom stereocenters. The number of aliphatic hydroxyl groups excluding tert-OH is 2. The minimum absolute atomic E-state index is 0.0123. The maximum absolute atomic E-state index is 13.7. The molecule has 0 bridgehead atoms. The van der Waals surface area contributed by atoms with Crippen LogP contribution < -0.4 is 5.73 Å². The SMILES string of the molecule is CCCN(CCC)C(=O)c1cc(C)cc(C(=O)N(C[C@@H](O)[C@@H](N)Cc2cc(F)cc(F)c2)C(CC)CO)c1. The van der Waals surface area contributed by atoms with E-state index in [1.807, 2.05) is 20.8 Å². The van der Waals surface area contributed by atoms with Crippen LogP contribution in [0.3, 0.4) is 0 Å². The van der Waals surface area contributed by atoms with Crippen LogP contribution in [0.2, 0.25) is 0 Å². The van der Waals surface area contributed by atoms with Gasteiger partial charge in [-0.25, -0.2) is 8.78 Å². The summed E-state index contributed by atoms with van der Waals surface area (Å²) >= 11 is 0. The first-order valence-corrected chi connectivity index (χ1v) is 13.3. The molecule has 0 radical (unpaired) electrons. The first-order chi connectivity index (χ1) is 18.0. The van der Waals surface area contributed by atoms with Crippen molar-refractivity contribution in [2.75, 3.05) is 26.2 Å². The van der Waals surface area contributed by atoms with Gasteiger partial charge in [0.2, 0.25) is 0 Å². The zero-order valence-corrected chi connectivity index (χ0v) is 22.8. The van der Waals surface area contributed by atoms with Gasteiger partial charge in [-0.3, -0.25) is 9.59 Å². The first kappa shape index (κ1) is 31.3. The van der Waals surface area contributed by atoms with Crippen LogP contribution in [0.15, 0.2) is 36.4 Å². The summed E-state index contributed by atoms with van der Waals surface area (Å²) in [5.74, 6) is -2.10. The Morgan fingerprint density at radius 2 is 1.47 bits per heavy atom. The maximum atomic E-state index is 13.7. The molecule has 2 aromatic rings. The highest BCUT2D eigenvalue weighted by molar-refractivity contribution is 6.00. The second kappa shape index (κ2) is 14.9. The fourth-order valence-corrected chi connectivity index (χ4v) is 4.55. The molecule has 0 aromatic heterocycles. The van der Waals surface area contributed by atoms with Crippen molar-refractivity contribution in [3.8, 4) is 0 Å². The Labute approximate surface area is 224 Å². The lowest BCUT2D eigenvalue weighted by Crippen LogP contribution is -2.51. The molecule has 0 aliphatic rings. The summed E-state index contributed by atoms with van der Waals surface area (Å²) in [6, 6.07) is 6.48. The van der Waals surface area contributed by atoms with Crippen LogP contribution in [0, 0.1) is 18.6 Å². The van der Waals surface area contributed by atoms with Crippen LogP contribution in [0.4, 0.5) is 8.78 Å². The van der Waals surface area contributed by atoms with Gasteiger partial charge in [0.05, 0.1) is 18.8 Å². The summed E-state index contributed by atoms with van der Waals surface area (Å²) in [7, 11) is 0. The van der Waals surface area contributed by atoms with Gasteiger partial charge in [0.15, 0.2) is 0 Å². The summed E-state index contributed by atoms with van der Waals surface area (Å²) in [5, 5.41) is 20.8. The lowest BCUT2D eigenvalue weighted by molar-refractivity contribution is 0.0351. The Balaban J connectivity index is 2.32. The third kappa shape index (κ3) is 8.58. The Bertz CT molecular complexity index is 1050. The Hall–Kier alpha value is -2.88. The highest BCUT2D eigenvalue weighted by atomic mass is 19.1. The van der Waals surface area contributed by atoms with E-state index in [-0.39, 0.29) is 36.6 Å². The second-order valence-corrected chi connectivity index (χ2v) is 9.80. The van der Waals surface area contributed by atoms with Crippen molar-refractivity contribution in [2.24, 2.45) is 5.73 Å². The predicted molar refractivity (Wildman–Crippen MR) is 144 cm³/mol. The van der Waals surface area contributed by atoms with Gasteiger partial charge in [-0.2, -0.15) is 0 Å². The van der Waals surface area contributed by atoms with Crippen LogP contribution in [-0.4, -0.2) is 76.3 Å². The van der Waals surface area contributed by atoms with Crippen LogP contribution >= 0.6 is 0 Å². The Kier molecular flexibility index (Phi) is 12.3. The summed E-state index contributed by atoms with van der Waals surface area (Å²) in [4.78, 5) is 30.0. The monoisotopic (exact) mass is 533 g/mol. The lowest BCUT2D eigenvalue weighted by Gasteiger charge is -2.33. The number of hydrogen-bond donors (Lipinski definition) is 3. The van der Waals surface area contributed by atoms with Gasteiger partial charge in [-0.1, -0.05) is 20.8 Å². The van der Waals surface area contributed by atoms with Crippen molar-refractivity contribution in [1.29, 1.82) is 0 Å². The highest BCUT2D eigenvalue weighted by Gasteiger charge is 2.29. The number of carbonyl (C=O) groups is 2. The van der Waals surface area contributed by atoms with E-state index in [2.05, 4.69) is 0 Å². The van der Waals surface area contributed by atoms with E-state index >= 15 is 0 Å². The van der Waals surface area contributed by atoms with Crippen molar-refractivity contribution in [3.05, 3.63) is 70.3 Å². The van der Waals surface area contributed by atoms with Crippen molar-refractivity contribution in [2.45, 2.75) is 71.6 Å². The van der Waals surface area contributed by atoms with E-state index < -0.39 is 35.7 Å². The molecule has 9 heteroatoms. The van der Waals surface area contributed by atoms with Crippen LogP contribution in [-0.2, 0) is 6.42 Å². The van der Waals surface area contributed by atoms with Crippen LogP contribution in [0.5, 0.6) is 0 Å². The van der Waals surface area contributed by atoms with E-state index in [0.29, 0.717) is 25.1 Å². The largest absolute Gasteiger partial charge is 0.394 e. The molecular weight excluding hydrogens is 492 g/mol. The molecule has 210 valence electrons. The number of amides is 2. The molecule has 0 aliphatic carbocycles. The van der Waals surface area contributed by atoms with E-state index in [1.54, 1.807) is 30.0 Å². The summed E-state index contributed by atoms with van der Waals surface area (Å²) < 4.78 is 27.2. The van der Waals surface area contributed by atoms with Gasteiger partial charge in [-0.15, -0.1) is 0 Å². The molecule has 4 N–H and O–H groups in total. The summed E-state index contributed by atoms with van der Waals surface area (Å²) in [6.45, 7) is 8.29. The minimum atomic E-state index is -1.23. The zero-order valence-electron chi connectivity index (χ0n) is 22.8. The normalized spacial score (nSPS) is 13.6. The van der Waals surface area contributed by atoms with Crippen LogP contribution in [0.1, 0.15) is 71.9 Å². The molecule has 0 saturated carbocycles. The van der Waals surface area contributed by atoms with Gasteiger partial charge >= 0.3 is 0 Å². The number of carbonyl (C=O) groups excluding carboxylic acids is 2. The Morgan fingerprint density at radius 3 is 1.97 bits per heavy atom. The summed E-state index contributed by atoms with van der Waals surface area (Å²) in [5.41, 5.74) is 7.83. The molecule has 38 heavy (non-hydrogen) atoms. The van der Waals surface area contributed by atoms with Crippen molar-refractivity contribution >= 4 is 11.8 Å². The van der Waals surface area contributed by atoms with Crippen molar-refractivity contribution < 1.29 is 28.6 Å². The van der Waals surface area contributed by atoms with E-state index in [4.69, 9.17) is 5.73 Å². The first-order valence-electron chi connectivity index (χ1n) is 13.3. The number of aliphatic hydroxyl groups is 2. The topological polar surface area (TPSA) is 107 Å². The van der Waals surface area contributed by atoms with Crippen molar-refractivity contribution in [1.82, 2.24) is 9.80 Å². The maximum Gasteiger partial charge on any atom is 0.254 e. The molecule has 0 fully saturated rings. The second-order valence-electron chi connectivity index (χ2n) is 9.80. The molecule has 0 saturated heterocycles. The molecular formula is C29H41F2N3O4. The standard InChI is InChI=1S/C29H41F2N3O4/c1-5-8-33(9-6-2)28(37)21-10-19(4)11-22(15-21)29(38)34(25(7-3)18-35)17-27(36)26(32)14-20-12-23(30)16-24(31)13-20/h10-13,15-16,25-27,35-36H,5-9,14,17-18,32H2,1-4H3/t25?,26-,27+/m0/s1. The fourth-order valence-electron chi connectivity index (χ4n) is 4.55. The minimum Gasteiger partial charge on any atom is -0.394 e. The quantitative estimate of drug-likeness (QED) is 0.344. The van der Waals surface area contributed by atoms with Gasteiger partial charge in [0.1, 0.15) is 11.6 Å². The highest BCUT2D eigenvalue weighted by Crippen LogP contribution is 2.19. The van der Waals surface area contributed by atoms with E-state index in [0.717, 1.165) is 36.6 Å². The average molecular weight is 534 g/mol. The number of halogens is 2. The number of rotatable bonds is 14. The number of hydrogen-bond acceptors (Lipinski definition) is 5. The molecule has 2 rings (SSSR count). The van der Waals surface area contributed by atoms with Gasteiger partial charge in [0, 0.05) is 42.9 Å². The fraction of sp³-hybridized carbons (Fsp3) is 0.517. The third-order valence-corrected chi connectivity index (χ3v) is 6.50. The lowest BCUT2D eigenvalue weighted by atomic mass is 9.99. The van der Waals surface area contributed by atoms with Gasteiger partial charge < -0.3 is 25.7 Å². The average Bonchev–Trinajstić information content (AvgIpc) is 2.86. The number of nitrogens with two attached hydrogens (primary N) is 1. The van der Waals surface area contributed by atoms with Crippen LogP contribution in [0.25, 0.3) is 0 Å². The smallest absolute Gasteiger partial charge is 0.254 e. The summed E-state index contributed by atoms with van der Waals surface area (Å²) in [6.07, 6.45) is 0.791. The number of nitrogens with zero attached hydrogens (tertiary/aromatic N) is 2. The van der Waals surface area contributed by atoms with E-state index in [9.17, 15) is 28.6 Å². The molecule has 0 spiro atoms. The number of aryl methyl sites for hydroxylation is 1. The Morgan fingerprint density at radius 1 is 0.921 bits per heavy atom. The molecule has 1 unspecified atom stereocenters. The molecule has 2 amide bonds. The third-order valence-electron chi connectivity index (χ3n) is 6.50. The molecule has 7 nitrogen and oxygen atoms in total. The number of benzene rings is 2.